The zero-order chi connectivity index (χ0) is 12.2. The van der Waals surface area contributed by atoms with Gasteiger partial charge in [0.05, 0.1) is 0 Å². The van der Waals surface area contributed by atoms with Crippen molar-refractivity contribution in [2.75, 3.05) is 5.73 Å². The smallest absolute Gasteiger partial charge is 0.345 e. The van der Waals surface area contributed by atoms with E-state index in [9.17, 15) is 5.11 Å². The zero-order valence-electron chi connectivity index (χ0n) is 9.94. The number of nitrogens with zero attached hydrogens (tertiary/aromatic N) is 2. The molecule has 0 bridgehead atoms. The first kappa shape index (κ1) is 10.1. The predicted molar refractivity (Wildman–Crippen MR) is 63.2 cm³/mol. The van der Waals surface area contributed by atoms with Gasteiger partial charge in [-0.05, 0) is 26.0 Å². The first-order chi connectivity index (χ1) is 8.06. The van der Waals surface area contributed by atoms with Gasteiger partial charge in [-0.15, -0.1) is 9.13 Å². The lowest BCUT2D eigenvalue weighted by Gasteiger charge is -1.97. The second kappa shape index (κ2) is 3.20. The van der Waals surface area contributed by atoms with E-state index in [4.69, 9.17) is 5.73 Å². The molecule has 0 radical (unpaired) electrons. The Hall–Kier alpha value is -2.10. The minimum absolute atomic E-state index is 0.284. The number of nitrogens with two attached hydrogens (primary N) is 1. The van der Waals surface area contributed by atoms with Crippen molar-refractivity contribution >= 4 is 5.69 Å². The lowest BCUT2D eigenvalue weighted by molar-refractivity contribution is -0.877. The van der Waals surface area contributed by atoms with Gasteiger partial charge < -0.3 is 10.8 Å². The molecule has 1 aliphatic rings. The van der Waals surface area contributed by atoms with Crippen LogP contribution in [0.4, 0.5) is 5.69 Å². The van der Waals surface area contributed by atoms with Crippen LogP contribution in [0, 0.1) is 13.8 Å². The molecule has 0 spiro atoms. The van der Waals surface area contributed by atoms with E-state index in [-0.39, 0.29) is 5.75 Å². The van der Waals surface area contributed by atoms with Crippen LogP contribution in [-0.4, -0.2) is 5.11 Å². The van der Waals surface area contributed by atoms with E-state index in [0.717, 1.165) is 22.5 Å². The van der Waals surface area contributed by atoms with Gasteiger partial charge in [0, 0.05) is 11.1 Å². The normalized spacial score (nSPS) is 12.4. The van der Waals surface area contributed by atoms with Gasteiger partial charge >= 0.3 is 18.1 Å². The lowest BCUT2D eigenvalue weighted by atomic mass is 10.1. The van der Waals surface area contributed by atoms with Crippen molar-refractivity contribution in [3.8, 4) is 17.1 Å². The number of aromatic hydroxyl groups is 1. The number of aromatic nitrogens is 2. The topological polar surface area (TPSA) is 54.0 Å². The van der Waals surface area contributed by atoms with Crippen molar-refractivity contribution in [3.63, 3.8) is 0 Å². The summed E-state index contributed by atoms with van der Waals surface area (Å²) in [5.74, 6) is 0.284. The molecule has 2 aromatic rings. The Balaban J connectivity index is 2.35. The van der Waals surface area contributed by atoms with Gasteiger partial charge in [0.15, 0.2) is 18.1 Å². The molecule has 17 heavy (non-hydrogen) atoms. The Kier molecular flexibility index (Phi) is 1.90. The summed E-state index contributed by atoms with van der Waals surface area (Å²) >= 11 is 0. The Morgan fingerprint density at radius 1 is 1.06 bits per heavy atom. The number of hydrogen-bond donors (Lipinski definition) is 2. The molecule has 2 aromatic heterocycles. The standard InChI is InChI=1S/C13H13N3O/c1-8-3-10(14)12-13-11(17)4-9(2)6-16(13)7-15(12)5-8/h3-6,14H,7H2,1-2H3/p+2. The third-order valence-electron chi connectivity index (χ3n) is 3.09. The highest BCUT2D eigenvalue weighted by atomic mass is 16.3. The predicted octanol–water partition coefficient (Wildman–Crippen LogP) is 0.652. The highest BCUT2D eigenvalue weighted by Crippen LogP contribution is 2.30. The van der Waals surface area contributed by atoms with Crippen LogP contribution in [0.2, 0.25) is 0 Å². The fraction of sp³-hybridized carbons (Fsp3) is 0.231. The van der Waals surface area contributed by atoms with Crippen LogP contribution in [0.3, 0.4) is 0 Å². The number of fused-ring (bicyclic) bond motifs is 3. The lowest BCUT2D eigenvalue weighted by Crippen LogP contribution is -2.45. The molecule has 3 heterocycles. The molecule has 0 saturated heterocycles. The summed E-state index contributed by atoms with van der Waals surface area (Å²) in [6.45, 7) is 4.68. The second-order valence-electron chi connectivity index (χ2n) is 4.65. The van der Waals surface area contributed by atoms with Crippen LogP contribution in [0.25, 0.3) is 11.4 Å². The molecule has 0 unspecified atom stereocenters. The molecule has 0 aromatic carbocycles. The zero-order valence-corrected chi connectivity index (χ0v) is 9.94. The highest BCUT2D eigenvalue weighted by molar-refractivity contribution is 5.69. The molecule has 1 aliphatic heterocycles. The molecule has 3 rings (SSSR count). The molecule has 0 saturated carbocycles. The molecule has 86 valence electrons. The first-order valence-electron chi connectivity index (χ1n) is 5.59. The van der Waals surface area contributed by atoms with Gasteiger partial charge in [-0.2, -0.15) is 0 Å². The minimum Gasteiger partial charge on any atom is -0.502 e. The Labute approximate surface area is 99.6 Å². The summed E-state index contributed by atoms with van der Waals surface area (Å²) in [4.78, 5) is 0. The van der Waals surface area contributed by atoms with Gasteiger partial charge in [0.25, 0.3) is 0 Å². The molecular formula is C13H15N3O+2. The van der Waals surface area contributed by atoms with E-state index in [1.165, 1.54) is 0 Å². The molecule has 0 aliphatic carbocycles. The van der Waals surface area contributed by atoms with Gasteiger partial charge in [-0.25, -0.2) is 0 Å². The fourth-order valence-electron chi connectivity index (χ4n) is 2.52. The molecule has 3 N–H and O–H groups in total. The van der Waals surface area contributed by atoms with E-state index in [2.05, 4.69) is 4.57 Å². The molecule has 4 heteroatoms. The third-order valence-corrected chi connectivity index (χ3v) is 3.09. The summed E-state index contributed by atoms with van der Waals surface area (Å²) in [5, 5.41) is 10.1. The monoisotopic (exact) mass is 229 g/mol. The second-order valence-corrected chi connectivity index (χ2v) is 4.65. The Morgan fingerprint density at radius 2 is 1.65 bits per heavy atom. The van der Waals surface area contributed by atoms with Crippen LogP contribution < -0.4 is 14.9 Å². The maximum absolute atomic E-state index is 10.1. The number of nitrogen functional groups attached to an aromatic ring is 1. The molecular weight excluding hydrogens is 214 g/mol. The number of pyridine rings is 2. The van der Waals surface area contributed by atoms with E-state index in [0.29, 0.717) is 12.4 Å². The van der Waals surface area contributed by atoms with Crippen LogP contribution in [0.15, 0.2) is 24.5 Å². The van der Waals surface area contributed by atoms with Crippen LogP contribution in [0.1, 0.15) is 11.1 Å². The Morgan fingerprint density at radius 3 is 2.35 bits per heavy atom. The Bertz CT molecular complexity index is 580. The van der Waals surface area contributed by atoms with Crippen LogP contribution >= 0.6 is 0 Å². The molecule has 0 amide bonds. The average Bonchev–Trinajstić information content (AvgIpc) is 2.55. The van der Waals surface area contributed by atoms with Crippen molar-refractivity contribution in [2.45, 2.75) is 20.5 Å². The van der Waals surface area contributed by atoms with Crippen LogP contribution in [0.5, 0.6) is 5.75 Å². The fourth-order valence-corrected chi connectivity index (χ4v) is 2.52. The van der Waals surface area contributed by atoms with E-state index in [1.807, 2.05) is 36.9 Å². The van der Waals surface area contributed by atoms with Crippen LogP contribution in [-0.2, 0) is 6.67 Å². The van der Waals surface area contributed by atoms with Gasteiger partial charge in [0.2, 0.25) is 0 Å². The highest BCUT2D eigenvalue weighted by Gasteiger charge is 2.39. The van der Waals surface area contributed by atoms with Crippen molar-refractivity contribution in [1.29, 1.82) is 0 Å². The number of rotatable bonds is 0. The van der Waals surface area contributed by atoms with E-state index in [1.54, 1.807) is 6.07 Å². The van der Waals surface area contributed by atoms with Gasteiger partial charge in [0.1, 0.15) is 5.69 Å². The SMILES string of the molecule is Cc1cc(N)c2[n+](c1)C[n+]1cc(C)cc(O)c1-2. The molecule has 0 fully saturated rings. The van der Waals surface area contributed by atoms with Gasteiger partial charge in [-0.3, -0.25) is 0 Å². The van der Waals surface area contributed by atoms with Gasteiger partial charge in [-0.1, -0.05) is 0 Å². The first-order valence-corrected chi connectivity index (χ1v) is 5.59. The quantitative estimate of drug-likeness (QED) is 0.556. The summed E-state index contributed by atoms with van der Waals surface area (Å²) in [6, 6.07) is 3.70. The maximum Gasteiger partial charge on any atom is 0.345 e. The summed E-state index contributed by atoms with van der Waals surface area (Å²) in [7, 11) is 0. The molecule has 4 nitrogen and oxygen atoms in total. The number of anilines is 1. The number of aryl methyl sites for hydroxylation is 2. The maximum atomic E-state index is 10.1. The average molecular weight is 229 g/mol. The third kappa shape index (κ3) is 1.37. The summed E-state index contributed by atoms with van der Waals surface area (Å²) < 4.78 is 4.09. The molecule has 0 atom stereocenters. The van der Waals surface area contributed by atoms with E-state index >= 15 is 0 Å². The van der Waals surface area contributed by atoms with Crippen molar-refractivity contribution in [1.82, 2.24) is 0 Å². The minimum atomic E-state index is 0.284. The summed E-state index contributed by atoms with van der Waals surface area (Å²) in [6.07, 6.45) is 4.07. The van der Waals surface area contributed by atoms with Crippen molar-refractivity contribution < 1.29 is 14.2 Å². The van der Waals surface area contributed by atoms with Crippen molar-refractivity contribution in [3.05, 3.63) is 35.7 Å². The number of hydrogen-bond acceptors (Lipinski definition) is 2. The largest absolute Gasteiger partial charge is 0.502 e. The summed E-state index contributed by atoms with van der Waals surface area (Å²) in [5.41, 5.74) is 10.6. The van der Waals surface area contributed by atoms with E-state index < -0.39 is 0 Å². The van der Waals surface area contributed by atoms with Crippen molar-refractivity contribution in [2.24, 2.45) is 0 Å².